The Morgan fingerprint density at radius 3 is 2.39 bits per heavy atom. The van der Waals surface area contributed by atoms with Crippen LogP contribution >= 0.6 is 0 Å². The van der Waals surface area contributed by atoms with Crippen LogP contribution in [0.1, 0.15) is 33.6 Å². The molecule has 0 unspecified atom stereocenters. The summed E-state index contributed by atoms with van der Waals surface area (Å²) >= 11 is 0. The lowest BCUT2D eigenvalue weighted by Gasteiger charge is -2.28. The molecule has 1 aliphatic heterocycles. The summed E-state index contributed by atoms with van der Waals surface area (Å²) < 4.78 is 10.4. The van der Waals surface area contributed by atoms with Gasteiger partial charge < -0.3 is 19.7 Å². The molecule has 0 aromatic carbocycles. The second kappa shape index (κ2) is 5.67. The van der Waals surface area contributed by atoms with Crippen LogP contribution in [0, 0.1) is 5.92 Å². The van der Waals surface area contributed by atoms with Crippen molar-refractivity contribution in [3.05, 3.63) is 0 Å². The predicted octanol–water partition coefficient (Wildman–Crippen LogP) is 0.569. The smallest absolute Gasteiger partial charge is 0.333 e. The number of ether oxygens (including phenoxy) is 2. The standard InChI is InChI=1S/C12H20O6/c1-12(2,3)18-11(16)8(9(13)10(14)15)7-5-4-6-17-7/h7-9,13H,4-6H2,1-3H3,(H,14,15)/t7-,8+,9-/m1/s1. The van der Waals surface area contributed by atoms with Crippen molar-refractivity contribution in [1.29, 1.82) is 0 Å². The third kappa shape index (κ3) is 3.96. The minimum atomic E-state index is -1.80. The first-order valence-corrected chi connectivity index (χ1v) is 5.97. The second-order valence-electron chi connectivity index (χ2n) is 5.39. The average Bonchev–Trinajstić information content (AvgIpc) is 2.67. The van der Waals surface area contributed by atoms with E-state index in [1.165, 1.54) is 0 Å². The summed E-state index contributed by atoms with van der Waals surface area (Å²) in [5.41, 5.74) is -0.730. The summed E-state index contributed by atoms with van der Waals surface area (Å²) in [6.07, 6.45) is -1.10. The Balaban J connectivity index is 2.82. The third-order valence-electron chi connectivity index (χ3n) is 2.64. The zero-order valence-electron chi connectivity index (χ0n) is 10.9. The van der Waals surface area contributed by atoms with E-state index in [0.29, 0.717) is 13.0 Å². The Morgan fingerprint density at radius 1 is 1.39 bits per heavy atom. The van der Waals surface area contributed by atoms with Gasteiger partial charge in [-0.15, -0.1) is 0 Å². The minimum absolute atomic E-state index is 0.469. The van der Waals surface area contributed by atoms with Gasteiger partial charge >= 0.3 is 11.9 Å². The van der Waals surface area contributed by atoms with Crippen LogP contribution in [0.5, 0.6) is 0 Å². The molecule has 0 spiro atoms. The summed E-state index contributed by atoms with van der Waals surface area (Å²) in [6, 6.07) is 0. The third-order valence-corrected chi connectivity index (χ3v) is 2.64. The molecule has 1 heterocycles. The summed E-state index contributed by atoms with van der Waals surface area (Å²) in [5.74, 6) is -3.35. The molecule has 1 aliphatic rings. The Labute approximate surface area is 106 Å². The van der Waals surface area contributed by atoms with Crippen LogP contribution < -0.4 is 0 Å². The number of esters is 1. The highest BCUT2D eigenvalue weighted by Crippen LogP contribution is 2.26. The second-order valence-corrected chi connectivity index (χ2v) is 5.39. The molecule has 0 bridgehead atoms. The number of rotatable bonds is 4. The number of aliphatic carboxylic acids is 1. The van der Waals surface area contributed by atoms with Crippen molar-refractivity contribution in [3.63, 3.8) is 0 Å². The number of hydrogen-bond acceptors (Lipinski definition) is 5. The molecular formula is C12H20O6. The van der Waals surface area contributed by atoms with Crippen molar-refractivity contribution in [2.45, 2.75) is 51.4 Å². The maximum absolute atomic E-state index is 12.0. The van der Waals surface area contributed by atoms with Gasteiger partial charge in [0, 0.05) is 6.61 Å². The van der Waals surface area contributed by atoms with E-state index in [2.05, 4.69) is 0 Å². The Kier molecular flexibility index (Phi) is 4.70. The van der Waals surface area contributed by atoms with Gasteiger partial charge in [-0.2, -0.15) is 0 Å². The van der Waals surface area contributed by atoms with Gasteiger partial charge in [0.05, 0.1) is 6.10 Å². The monoisotopic (exact) mass is 260 g/mol. The van der Waals surface area contributed by atoms with Crippen molar-refractivity contribution in [2.75, 3.05) is 6.61 Å². The highest BCUT2D eigenvalue weighted by atomic mass is 16.6. The van der Waals surface area contributed by atoms with Gasteiger partial charge in [0.2, 0.25) is 0 Å². The van der Waals surface area contributed by atoms with Gasteiger partial charge in [0.15, 0.2) is 6.10 Å². The molecule has 0 aliphatic carbocycles. The molecule has 18 heavy (non-hydrogen) atoms. The minimum Gasteiger partial charge on any atom is -0.479 e. The lowest BCUT2D eigenvalue weighted by molar-refractivity contribution is -0.177. The summed E-state index contributed by atoms with van der Waals surface area (Å²) in [7, 11) is 0. The van der Waals surface area contributed by atoms with E-state index in [1.807, 2.05) is 0 Å². The first kappa shape index (κ1) is 14.9. The van der Waals surface area contributed by atoms with Gasteiger partial charge in [0.25, 0.3) is 0 Å². The van der Waals surface area contributed by atoms with E-state index in [0.717, 1.165) is 6.42 Å². The molecule has 6 nitrogen and oxygen atoms in total. The topological polar surface area (TPSA) is 93.1 Å². The van der Waals surface area contributed by atoms with E-state index < -0.39 is 35.7 Å². The number of aliphatic hydroxyl groups excluding tert-OH is 1. The lowest BCUT2D eigenvalue weighted by atomic mass is 9.93. The van der Waals surface area contributed by atoms with Gasteiger partial charge in [-0.1, -0.05) is 0 Å². The van der Waals surface area contributed by atoms with Crippen molar-refractivity contribution in [2.24, 2.45) is 5.92 Å². The Bertz CT molecular complexity index is 313. The lowest BCUT2D eigenvalue weighted by Crippen LogP contribution is -2.45. The van der Waals surface area contributed by atoms with Gasteiger partial charge in [-0.05, 0) is 33.6 Å². The maximum atomic E-state index is 12.0. The van der Waals surface area contributed by atoms with E-state index in [-0.39, 0.29) is 0 Å². The summed E-state index contributed by atoms with van der Waals surface area (Å²) in [4.78, 5) is 22.8. The average molecular weight is 260 g/mol. The predicted molar refractivity (Wildman–Crippen MR) is 62.0 cm³/mol. The molecule has 2 N–H and O–H groups in total. The van der Waals surface area contributed by atoms with E-state index >= 15 is 0 Å². The van der Waals surface area contributed by atoms with E-state index in [4.69, 9.17) is 14.6 Å². The molecule has 6 heteroatoms. The molecule has 0 aromatic heterocycles. The fraction of sp³-hybridized carbons (Fsp3) is 0.833. The molecule has 1 rings (SSSR count). The Hall–Kier alpha value is -1.14. The van der Waals surface area contributed by atoms with Gasteiger partial charge in [0.1, 0.15) is 11.5 Å². The summed E-state index contributed by atoms with van der Waals surface area (Å²) in [5, 5.41) is 18.5. The maximum Gasteiger partial charge on any atom is 0.333 e. The summed E-state index contributed by atoms with van der Waals surface area (Å²) in [6.45, 7) is 5.52. The quantitative estimate of drug-likeness (QED) is 0.718. The van der Waals surface area contributed by atoms with Crippen molar-refractivity contribution in [3.8, 4) is 0 Å². The molecular weight excluding hydrogens is 240 g/mol. The van der Waals surface area contributed by atoms with Crippen LogP contribution in [0.2, 0.25) is 0 Å². The molecule has 1 saturated heterocycles. The number of carboxylic acid groups (broad SMARTS) is 1. The molecule has 1 fully saturated rings. The van der Waals surface area contributed by atoms with Crippen molar-refractivity contribution >= 4 is 11.9 Å². The highest BCUT2D eigenvalue weighted by molar-refractivity contribution is 5.83. The van der Waals surface area contributed by atoms with Crippen LogP contribution in [0.25, 0.3) is 0 Å². The first-order valence-electron chi connectivity index (χ1n) is 5.97. The van der Waals surface area contributed by atoms with Crippen molar-refractivity contribution in [1.82, 2.24) is 0 Å². The number of aliphatic hydroxyl groups is 1. The SMILES string of the molecule is CC(C)(C)OC(=O)[C@@H]([C@H]1CCCO1)[C@@H](O)C(=O)O. The van der Waals surface area contributed by atoms with Crippen LogP contribution in [0.3, 0.4) is 0 Å². The van der Waals surface area contributed by atoms with Crippen LogP contribution in [0.4, 0.5) is 0 Å². The fourth-order valence-electron chi connectivity index (χ4n) is 1.89. The number of carboxylic acids is 1. The highest BCUT2D eigenvalue weighted by Gasteiger charge is 2.42. The van der Waals surface area contributed by atoms with Crippen LogP contribution in [-0.2, 0) is 19.1 Å². The molecule has 0 aromatic rings. The molecule has 104 valence electrons. The van der Waals surface area contributed by atoms with E-state index in [9.17, 15) is 14.7 Å². The zero-order chi connectivity index (χ0) is 13.9. The molecule has 0 amide bonds. The van der Waals surface area contributed by atoms with Crippen LogP contribution in [0.15, 0.2) is 0 Å². The molecule has 0 radical (unpaired) electrons. The largest absolute Gasteiger partial charge is 0.479 e. The van der Waals surface area contributed by atoms with Gasteiger partial charge in [-0.3, -0.25) is 4.79 Å². The molecule has 0 saturated carbocycles. The number of carbonyl (C=O) groups excluding carboxylic acids is 1. The first-order chi connectivity index (χ1) is 8.22. The zero-order valence-corrected chi connectivity index (χ0v) is 10.9. The van der Waals surface area contributed by atoms with E-state index in [1.54, 1.807) is 20.8 Å². The molecule has 3 atom stereocenters. The Morgan fingerprint density at radius 2 is 2.00 bits per heavy atom. The number of carbonyl (C=O) groups is 2. The fourth-order valence-corrected chi connectivity index (χ4v) is 1.89. The van der Waals surface area contributed by atoms with Crippen LogP contribution in [-0.4, -0.2) is 46.6 Å². The normalized spacial score (nSPS) is 23.4. The van der Waals surface area contributed by atoms with Crippen molar-refractivity contribution < 1.29 is 29.3 Å². The number of hydrogen-bond donors (Lipinski definition) is 2. The van der Waals surface area contributed by atoms with Gasteiger partial charge in [-0.25, -0.2) is 4.79 Å².